The molecule has 0 saturated carbocycles. The fraction of sp³-hybridized carbons (Fsp3) is 0.500. The van der Waals surface area contributed by atoms with Crippen molar-refractivity contribution in [3.8, 4) is 11.5 Å². The molecule has 1 saturated heterocycles. The Morgan fingerprint density at radius 3 is 2.61 bits per heavy atom. The Hall–Kier alpha value is -3.86. The lowest BCUT2D eigenvalue weighted by molar-refractivity contribution is -0.177. The number of methoxy groups -OCH3 is 2. The molecule has 0 aromatic heterocycles. The first kappa shape index (κ1) is 32.1. The van der Waals surface area contributed by atoms with Gasteiger partial charge in [0.25, 0.3) is 0 Å². The Morgan fingerprint density at radius 1 is 1.11 bits per heavy atom. The molecular weight excluding hydrogens is 590 g/mol. The van der Waals surface area contributed by atoms with E-state index in [1.54, 1.807) is 19.3 Å². The zero-order valence-corrected chi connectivity index (χ0v) is 27.0. The summed E-state index contributed by atoms with van der Waals surface area (Å²) in [6, 6.07) is 13.8. The number of esters is 2. The number of ether oxygens (including phenoxy) is 6. The molecule has 2 aromatic rings. The van der Waals surface area contributed by atoms with Gasteiger partial charge in [-0.15, -0.1) is 0 Å². The molecule has 0 radical (unpaired) electrons. The highest BCUT2D eigenvalue weighted by Crippen LogP contribution is 2.55. The smallest absolute Gasteiger partial charge is 0.339 e. The largest absolute Gasteiger partial charge is 0.497 e. The average molecular weight is 634 g/mol. The number of benzene rings is 2. The van der Waals surface area contributed by atoms with E-state index in [2.05, 4.69) is 11.0 Å². The lowest BCUT2D eigenvalue weighted by Gasteiger charge is -2.39. The molecule has 0 bridgehead atoms. The molecule has 3 heterocycles. The minimum Gasteiger partial charge on any atom is -0.497 e. The molecule has 1 spiro atoms. The van der Waals surface area contributed by atoms with E-state index in [4.69, 9.17) is 28.4 Å². The van der Waals surface area contributed by atoms with Crippen LogP contribution in [-0.4, -0.2) is 78.9 Å². The zero-order chi connectivity index (χ0) is 32.5. The normalized spacial score (nSPS) is 24.8. The summed E-state index contributed by atoms with van der Waals surface area (Å²) in [7, 11) is 2.79. The topological polar surface area (TPSA) is 113 Å². The zero-order valence-electron chi connectivity index (χ0n) is 27.0. The van der Waals surface area contributed by atoms with Crippen molar-refractivity contribution in [2.75, 3.05) is 34.1 Å². The molecule has 4 aliphatic rings. The van der Waals surface area contributed by atoms with Crippen LogP contribution < -0.4 is 9.47 Å². The van der Waals surface area contributed by atoms with E-state index in [1.807, 2.05) is 56.3 Å². The van der Waals surface area contributed by atoms with Crippen LogP contribution in [0.4, 0.5) is 0 Å². The number of carbonyl (C=O) groups excluding carboxylic acids is 2. The summed E-state index contributed by atoms with van der Waals surface area (Å²) in [4.78, 5) is 29.0. The van der Waals surface area contributed by atoms with Crippen molar-refractivity contribution in [1.29, 1.82) is 0 Å². The second-order valence-electron chi connectivity index (χ2n) is 13.1. The van der Waals surface area contributed by atoms with Gasteiger partial charge < -0.3 is 33.5 Å². The third kappa shape index (κ3) is 6.13. The summed E-state index contributed by atoms with van der Waals surface area (Å²) < 4.78 is 34.5. The molecule has 6 rings (SSSR count). The molecule has 46 heavy (non-hydrogen) atoms. The van der Waals surface area contributed by atoms with Crippen LogP contribution in [0.2, 0.25) is 0 Å². The molecule has 10 nitrogen and oxygen atoms in total. The highest BCUT2D eigenvalue weighted by Gasteiger charge is 2.59. The van der Waals surface area contributed by atoms with Crippen molar-refractivity contribution >= 4 is 11.9 Å². The fourth-order valence-corrected chi connectivity index (χ4v) is 7.29. The van der Waals surface area contributed by atoms with E-state index in [1.165, 1.54) is 7.11 Å². The molecule has 0 amide bonds. The Labute approximate surface area is 269 Å². The molecule has 0 unspecified atom stereocenters. The number of aliphatic hydroxyl groups is 1. The van der Waals surface area contributed by atoms with Crippen LogP contribution in [0.1, 0.15) is 62.1 Å². The molecule has 2 aromatic carbocycles. The second-order valence-corrected chi connectivity index (χ2v) is 13.1. The van der Waals surface area contributed by atoms with Gasteiger partial charge in [-0.2, -0.15) is 0 Å². The maximum atomic E-state index is 14.1. The van der Waals surface area contributed by atoms with E-state index in [0.29, 0.717) is 23.9 Å². The van der Waals surface area contributed by atoms with Gasteiger partial charge in [-0.05, 0) is 74.6 Å². The van der Waals surface area contributed by atoms with Crippen molar-refractivity contribution in [3.05, 3.63) is 83.1 Å². The highest BCUT2D eigenvalue weighted by molar-refractivity contribution is 5.86. The van der Waals surface area contributed by atoms with E-state index in [0.717, 1.165) is 49.0 Å². The van der Waals surface area contributed by atoms with Gasteiger partial charge in [0.15, 0.2) is 23.2 Å². The first-order valence-corrected chi connectivity index (χ1v) is 15.9. The van der Waals surface area contributed by atoms with Gasteiger partial charge in [0.1, 0.15) is 5.76 Å². The van der Waals surface area contributed by atoms with E-state index >= 15 is 0 Å². The van der Waals surface area contributed by atoms with Crippen molar-refractivity contribution in [1.82, 2.24) is 4.90 Å². The summed E-state index contributed by atoms with van der Waals surface area (Å²) >= 11 is 0. The molecule has 4 atom stereocenters. The van der Waals surface area contributed by atoms with Crippen molar-refractivity contribution in [2.24, 2.45) is 0 Å². The number of nitrogens with zero attached hydrogens (tertiary/aromatic N) is 1. The van der Waals surface area contributed by atoms with Crippen molar-refractivity contribution in [3.63, 3.8) is 0 Å². The minimum absolute atomic E-state index is 0.155. The first-order chi connectivity index (χ1) is 22.1. The predicted molar refractivity (Wildman–Crippen MR) is 168 cm³/mol. The predicted octanol–water partition coefficient (Wildman–Crippen LogP) is 4.58. The number of hydrogen-bond donors (Lipinski definition) is 1. The fourth-order valence-electron chi connectivity index (χ4n) is 7.29. The van der Waals surface area contributed by atoms with Gasteiger partial charge in [0, 0.05) is 13.0 Å². The molecule has 1 N–H and O–H groups in total. The lowest BCUT2D eigenvalue weighted by Crippen LogP contribution is -2.49. The molecule has 1 aliphatic carbocycles. The lowest BCUT2D eigenvalue weighted by atomic mass is 9.77. The van der Waals surface area contributed by atoms with Gasteiger partial charge in [-0.3, -0.25) is 9.69 Å². The van der Waals surface area contributed by atoms with E-state index < -0.39 is 41.2 Å². The monoisotopic (exact) mass is 633 g/mol. The van der Waals surface area contributed by atoms with Gasteiger partial charge in [0.2, 0.25) is 6.79 Å². The summed E-state index contributed by atoms with van der Waals surface area (Å²) in [5, 5.41) is 11.8. The summed E-state index contributed by atoms with van der Waals surface area (Å²) in [5.41, 5.74) is -0.209. The molecule has 246 valence electrons. The Kier molecular flexibility index (Phi) is 8.89. The second kappa shape index (κ2) is 12.7. The number of hydrogen-bond acceptors (Lipinski definition) is 10. The average Bonchev–Trinajstić information content (AvgIpc) is 3.74. The van der Waals surface area contributed by atoms with Crippen LogP contribution in [-0.2, 0) is 41.6 Å². The maximum Gasteiger partial charge on any atom is 0.339 e. The van der Waals surface area contributed by atoms with Crippen LogP contribution in [0.5, 0.6) is 11.5 Å². The van der Waals surface area contributed by atoms with Gasteiger partial charge in [0.05, 0.1) is 44.3 Å². The molecule has 3 aliphatic heterocycles. The van der Waals surface area contributed by atoms with Crippen molar-refractivity contribution in [2.45, 2.75) is 81.3 Å². The maximum absolute atomic E-state index is 14.1. The summed E-state index contributed by atoms with van der Waals surface area (Å²) in [6.45, 7) is 6.06. The number of carbonyl (C=O) groups is 2. The number of rotatable bonds is 11. The van der Waals surface area contributed by atoms with E-state index in [-0.39, 0.29) is 19.1 Å². The molecule has 1 fully saturated rings. The first-order valence-electron chi connectivity index (χ1n) is 15.9. The Bertz CT molecular complexity index is 1520. The van der Waals surface area contributed by atoms with Crippen LogP contribution >= 0.6 is 0 Å². The summed E-state index contributed by atoms with van der Waals surface area (Å²) in [5.74, 6) is -0.0951. The highest BCUT2D eigenvalue weighted by atomic mass is 16.7. The standard InChI is InChI=1S/C36H43NO9/c1-34(2,45-22-24-10-6-5-7-11-24)13-8-15-36(40,21-30(38)42-4)33(39)46-32-29(41-3)20-35-14-9-16-37(35)17-12-25-18-27-28(44-23-43-27)19-26(25)31(32)35/h5-8,10-11,13,18-20,31-32,40H,9,12,14-17,21-23H2,1-4H3/b13-8+/t31-,32-,35+,36-/m1/s1. The third-order valence-corrected chi connectivity index (χ3v) is 9.67. The van der Waals surface area contributed by atoms with Crippen LogP contribution in [0.25, 0.3) is 0 Å². The van der Waals surface area contributed by atoms with Crippen LogP contribution in [0.3, 0.4) is 0 Å². The quantitative estimate of drug-likeness (QED) is 0.279. The Balaban J connectivity index is 1.27. The summed E-state index contributed by atoms with van der Waals surface area (Å²) in [6.07, 6.45) is 6.57. The third-order valence-electron chi connectivity index (χ3n) is 9.67. The minimum atomic E-state index is -2.19. The van der Waals surface area contributed by atoms with Gasteiger partial charge in [-0.1, -0.05) is 42.5 Å². The van der Waals surface area contributed by atoms with Crippen LogP contribution in [0, 0.1) is 0 Å². The van der Waals surface area contributed by atoms with Gasteiger partial charge >= 0.3 is 11.9 Å². The number of fused-ring (bicyclic) bond motifs is 3. The van der Waals surface area contributed by atoms with E-state index in [9.17, 15) is 14.7 Å². The van der Waals surface area contributed by atoms with Crippen molar-refractivity contribution < 1.29 is 43.1 Å². The molecule has 10 heteroatoms. The Morgan fingerprint density at radius 2 is 1.87 bits per heavy atom. The SMILES string of the molecule is COC(=O)C[C@](O)(C/C=C/C(C)(C)OCc1ccccc1)C(=O)O[C@@H]1C(OC)=C[C@]23CCCN2CCc2cc4c(cc2[C@H]13)OCO4. The van der Waals surface area contributed by atoms with Gasteiger partial charge in [-0.25, -0.2) is 4.79 Å². The van der Waals surface area contributed by atoms with Crippen LogP contribution in [0.15, 0.2) is 66.5 Å². The molecular formula is C36H43NO9.